The van der Waals surface area contributed by atoms with Crippen LogP contribution in [0.15, 0.2) is 48.6 Å². The lowest BCUT2D eigenvalue weighted by atomic mass is 9.90. The summed E-state index contributed by atoms with van der Waals surface area (Å²) in [5.74, 6) is 0.967. The second kappa shape index (κ2) is 8.55. The zero-order chi connectivity index (χ0) is 10.8. The lowest BCUT2D eigenvalue weighted by molar-refractivity contribution is 0.672. The van der Waals surface area contributed by atoms with E-state index in [0.717, 1.165) is 0 Å². The largest absolute Gasteiger partial charge is 0.0910 e. The Hall–Kier alpha value is -1.04. The van der Waals surface area contributed by atoms with Crippen molar-refractivity contribution in [3.05, 3.63) is 48.6 Å². The number of allylic oxidation sites excluding steroid dienone is 8. The predicted octanol–water partition coefficient (Wildman–Crippen LogP) is 4.52. The van der Waals surface area contributed by atoms with Crippen molar-refractivity contribution in [2.45, 2.75) is 27.7 Å². The van der Waals surface area contributed by atoms with E-state index in [-0.39, 0.29) is 0 Å². The van der Waals surface area contributed by atoms with E-state index in [0.29, 0.717) is 11.8 Å². The Kier molecular flexibility index (Phi) is 7.92. The summed E-state index contributed by atoms with van der Waals surface area (Å²) in [5.41, 5.74) is 0. The van der Waals surface area contributed by atoms with Gasteiger partial charge in [0.2, 0.25) is 0 Å². The molecule has 0 fully saturated rings. The first-order valence-electron chi connectivity index (χ1n) is 5.31. The molecule has 0 saturated heterocycles. The Morgan fingerprint density at radius 3 is 0.857 bits per heavy atom. The molecule has 0 aliphatic rings. The minimum absolute atomic E-state index is 0.484. The van der Waals surface area contributed by atoms with Crippen molar-refractivity contribution in [1.82, 2.24) is 0 Å². The molecule has 0 amide bonds. The minimum Gasteiger partial charge on any atom is -0.0910 e. The Morgan fingerprint density at radius 1 is 0.500 bits per heavy atom. The van der Waals surface area contributed by atoms with Gasteiger partial charge < -0.3 is 0 Å². The van der Waals surface area contributed by atoms with Crippen molar-refractivity contribution >= 4 is 0 Å². The van der Waals surface area contributed by atoms with Crippen LogP contribution in [0.2, 0.25) is 0 Å². The minimum atomic E-state index is 0.484. The molecule has 0 aromatic heterocycles. The highest BCUT2D eigenvalue weighted by molar-refractivity contribution is 5.12. The zero-order valence-electron chi connectivity index (χ0n) is 9.77. The van der Waals surface area contributed by atoms with Gasteiger partial charge in [0.25, 0.3) is 0 Å². The molecule has 0 heterocycles. The molecule has 0 radical (unpaired) electrons. The van der Waals surface area contributed by atoms with Crippen LogP contribution in [0, 0.1) is 11.8 Å². The monoisotopic (exact) mass is 190 g/mol. The standard InChI is InChI=1S/C14H22/c1-5-9-13(10-6-2)14(11-7-3)12-8-4/h5-14H,1-4H3/b9-5+,10-6+,11-7+,12-8+. The van der Waals surface area contributed by atoms with E-state index < -0.39 is 0 Å². The average Bonchev–Trinajstić information content (AvgIpc) is 2.17. The van der Waals surface area contributed by atoms with Crippen LogP contribution in [0.25, 0.3) is 0 Å². The smallest absolute Gasteiger partial charge is 0.00439 e. The molecule has 0 bridgehead atoms. The highest BCUT2D eigenvalue weighted by Crippen LogP contribution is 2.18. The van der Waals surface area contributed by atoms with E-state index in [4.69, 9.17) is 0 Å². The van der Waals surface area contributed by atoms with E-state index in [1.165, 1.54) is 0 Å². The van der Waals surface area contributed by atoms with E-state index in [9.17, 15) is 0 Å². The van der Waals surface area contributed by atoms with Crippen LogP contribution in [0.5, 0.6) is 0 Å². The summed E-state index contributed by atoms with van der Waals surface area (Å²) in [6.07, 6.45) is 17.4. The summed E-state index contributed by atoms with van der Waals surface area (Å²) in [4.78, 5) is 0. The number of hydrogen-bond acceptors (Lipinski definition) is 0. The van der Waals surface area contributed by atoms with E-state index >= 15 is 0 Å². The summed E-state index contributed by atoms with van der Waals surface area (Å²) >= 11 is 0. The average molecular weight is 190 g/mol. The van der Waals surface area contributed by atoms with Gasteiger partial charge in [-0.3, -0.25) is 0 Å². The summed E-state index contributed by atoms with van der Waals surface area (Å²) in [7, 11) is 0. The molecule has 0 nitrogen and oxygen atoms in total. The van der Waals surface area contributed by atoms with Gasteiger partial charge in [0.15, 0.2) is 0 Å². The van der Waals surface area contributed by atoms with Crippen molar-refractivity contribution in [2.75, 3.05) is 0 Å². The van der Waals surface area contributed by atoms with Crippen molar-refractivity contribution in [1.29, 1.82) is 0 Å². The normalized spacial score (nSPS) is 13.9. The van der Waals surface area contributed by atoms with Crippen molar-refractivity contribution in [2.24, 2.45) is 11.8 Å². The van der Waals surface area contributed by atoms with Crippen LogP contribution in [0.3, 0.4) is 0 Å². The maximum absolute atomic E-state index is 2.24. The fourth-order valence-corrected chi connectivity index (χ4v) is 1.53. The Morgan fingerprint density at radius 2 is 0.714 bits per heavy atom. The molecule has 14 heavy (non-hydrogen) atoms. The van der Waals surface area contributed by atoms with Gasteiger partial charge in [-0.05, 0) is 27.7 Å². The van der Waals surface area contributed by atoms with Gasteiger partial charge in [0.1, 0.15) is 0 Å². The first-order chi connectivity index (χ1) is 6.79. The van der Waals surface area contributed by atoms with Crippen LogP contribution in [0.4, 0.5) is 0 Å². The molecule has 0 atom stereocenters. The molecule has 0 aliphatic heterocycles. The summed E-state index contributed by atoms with van der Waals surface area (Å²) in [5, 5.41) is 0. The maximum atomic E-state index is 2.24. The molecular formula is C14H22. The van der Waals surface area contributed by atoms with Gasteiger partial charge in [-0.2, -0.15) is 0 Å². The molecule has 0 heteroatoms. The van der Waals surface area contributed by atoms with Gasteiger partial charge in [-0.25, -0.2) is 0 Å². The Labute approximate surface area is 88.7 Å². The first kappa shape index (κ1) is 13.0. The molecular weight excluding hydrogens is 168 g/mol. The van der Waals surface area contributed by atoms with Gasteiger partial charge in [0.05, 0.1) is 0 Å². The molecule has 0 N–H and O–H groups in total. The van der Waals surface area contributed by atoms with E-state index in [2.05, 4.69) is 76.3 Å². The molecule has 0 spiro atoms. The molecule has 0 aromatic carbocycles. The van der Waals surface area contributed by atoms with Crippen LogP contribution in [-0.2, 0) is 0 Å². The van der Waals surface area contributed by atoms with Gasteiger partial charge in [-0.15, -0.1) is 0 Å². The zero-order valence-corrected chi connectivity index (χ0v) is 9.77. The third-order valence-electron chi connectivity index (χ3n) is 2.10. The second-order valence-electron chi connectivity index (χ2n) is 3.26. The van der Waals surface area contributed by atoms with Gasteiger partial charge in [0, 0.05) is 11.8 Å². The molecule has 0 rings (SSSR count). The quantitative estimate of drug-likeness (QED) is 0.559. The fraction of sp³-hybridized carbons (Fsp3) is 0.429. The lowest BCUT2D eigenvalue weighted by Gasteiger charge is -2.14. The number of hydrogen-bond donors (Lipinski definition) is 0. The van der Waals surface area contributed by atoms with E-state index in [1.54, 1.807) is 0 Å². The molecule has 78 valence electrons. The Balaban J connectivity index is 4.70. The lowest BCUT2D eigenvalue weighted by Crippen LogP contribution is -2.04. The highest BCUT2D eigenvalue weighted by Gasteiger charge is 2.08. The topological polar surface area (TPSA) is 0 Å². The van der Waals surface area contributed by atoms with Crippen molar-refractivity contribution in [3.63, 3.8) is 0 Å². The van der Waals surface area contributed by atoms with Gasteiger partial charge in [-0.1, -0.05) is 48.6 Å². The van der Waals surface area contributed by atoms with Crippen molar-refractivity contribution in [3.8, 4) is 0 Å². The van der Waals surface area contributed by atoms with Crippen LogP contribution < -0.4 is 0 Å². The molecule has 0 unspecified atom stereocenters. The second-order valence-corrected chi connectivity index (χ2v) is 3.26. The van der Waals surface area contributed by atoms with Crippen LogP contribution in [0.1, 0.15) is 27.7 Å². The third kappa shape index (κ3) is 4.86. The Bertz CT molecular complexity index is 178. The molecule has 0 aromatic rings. The maximum Gasteiger partial charge on any atom is 0.00439 e. The van der Waals surface area contributed by atoms with Crippen LogP contribution in [-0.4, -0.2) is 0 Å². The summed E-state index contributed by atoms with van der Waals surface area (Å²) < 4.78 is 0. The van der Waals surface area contributed by atoms with Crippen molar-refractivity contribution < 1.29 is 0 Å². The summed E-state index contributed by atoms with van der Waals surface area (Å²) in [6, 6.07) is 0. The highest BCUT2D eigenvalue weighted by atomic mass is 14.1. The third-order valence-corrected chi connectivity index (χ3v) is 2.10. The SMILES string of the molecule is C/C=C/C(/C=C/C)C(/C=C/C)/C=C/C. The van der Waals surface area contributed by atoms with Gasteiger partial charge >= 0.3 is 0 Å². The van der Waals surface area contributed by atoms with Crippen LogP contribution >= 0.6 is 0 Å². The molecule has 0 aliphatic carbocycles. The van der Waals surface area contributed by atoms with E-state index in [1.807, 2.05) is 0 Å². The first-order valence-corrected chi connectivity index (χ1v) is 5.31. The predicted molar refractivity (Wildman–Crippen MR) is 66.2 cm³/mol. The fourth-order valence-electron chi connectivity index (χ4n) is 1.53. The molecule has 0 saturated carbocycles. The summed E-state index contributed by atoms with van der Waals surface area (Å²) in [6.45, 7) is 8.27. The number of rotatable bonds is 5.